The maximum absolute atomic E-state index is 4.80. The Balaban J connectivity index is 0.00000596. The van der Waals surface area contributed by atoms with Crippen molar-refractivity contribution in [2.45, 2.75) is 0 Å². The second-order valence-electron chi connectivity index (χ2n) is 18.8. The van der Waals surface area contributed by atoms with Gasteiger partial charge < -0.3 is 15.0 Å². The molecule has 0 radical (unpaired) electrons. The van der Waals surface area contributed by atoms with E-state index in [0.717, 1.165) is 112 Å². The second kappa shape index (κ2) is 21.8. The van der Waals surface area contributed by atoms with Crippen molar-refractivity contribution in [3.05, 3.63) is 298 Å². The molecule has 4 heteroatoms. The predicted molar refractivity (Wildman–Crippen MR) is 314 cm³/mol. The van der Waals surface area contributed by atoms with Crippen LogP contribution in [0.3, 0.4) is 0 Å². The van der Waals surface area contributed by atoms with Gasteiger partial charge in [-0.25, -0.2) is 0 Å². The van der Waals surface area contributed by atoms with Gasteiger partial charge in [-0.2, -0.15) is 0 Å². The first-order valence-corrected chi connectivity index (χ1v) is 25.6. The Kier molecular flexibility index (Phi) is 13.7. The fourth-order valence-electron chi connectivity index (χ4n) is 10.6. The normalized spacial score (nSPS) is 11.0. The Bertz CT molecular complexity index is 4040. The van der Waals surface area contributed by atoms with E-state index >= 15 is 0 Å². The Hall–Kier alpha value is -9.44. The average molecular weight is 1160 g/mol. The fourth-order valence-corrected chi connectivity index (χ4v) is 10.6. The van der Waals surface area contributed by atoms with Crippen LogP contribution < -0.4 is 0 Å². The van der Waals surface area contributed by atoms with Crippen LogP contribution in [0.15, 0.2) is 279 Å². The minimum absolute atomic E-state index is 0. The zero-order valence-corrected chi connectivity index (χ0v) is 44.1. The summed E-state index contributed by atoms with van der Waals surface area (Å²) in [6.45, 7) is 0. The number of fused-ring (bicyclic) bond motifs is 1. The van der Waals surface area contributed by atoms with Crippen molar-refractivity contribution in [3.63, 3.8) is 0 Å². The van der Waals surface area contributed by atoms with Gasteiger partial charge in [0.05, 0.1) is 0 Å². The number of pyridine rings is 3. The summed E-state index contributed by atoms with van der Waals surface area (Å²) in [5.41, 5.74) is 23.3. The van der Waals surface area contributed by atoms with Gasteiger partial charge in [-0.15, -0.1) is 83.4 Å². The Morgan fingerprint density at radius 1 is 0.221 bits per heavy atom. The third-order valence-electron chi connectivity index (χ3n) is 14.3. The third-order valence-corrected chi connectivity index (χ3v) is 14.3. The summed E-state index contributed by atoms with van der Waals surface area (Å²) in [4.78, 5) is 14.0. The molecule has 0 bridgehead atoms. The summed E-state index contributed by atoms with van der Waals surface area (Å²) in [5, 5.41) is 2.37. The first kappa shape index (κ1) is 48.5. The molecule has 0 saturated heterocycles. The summed E-state index contributed by atoms with van der Waals surface area (Å²) in [5.74, 6) is 0. The molecule has 3 nitrogen and oxygen atoms in total. The summed E-state index contributed by atoms with van der Waals surface area (Å²) in [6.07, 6.45) is 5.50. The molecular weight excluding hydrogens is 1110 g/mol. The quantitative estimate of drug-likeness (QED) is 0.121. The molecule has 0 aliphatic carbocycles. The molecule has 362 valence electrons. The second-order valence-corrected chi connectivity index (χ2v) is 18.8. The van der Waals surface area contributed by atoms with Crippen LogP contribution in [0.5, 0.6) is 0 Å². The third kappa shape index (κ3) is 9.76. The van der Waals surface area contributed by atoms with E-state index in [0.29, 0.717) is 0 Å². The largest absolute Gasteiger partial charge is 3.00 e. The van der Waals surface area contributed by atoms with Crippen LogP contribution >= 0.6 is 0 Å². The number of nitrogens with zero attached hydrogens (tertiary/aromatic N) is 3. The van der Waals surface area contributed by atoms with Crippen molar-refractivity contribution in [2.75, 3.05) is 0 Å². The van der Waals surface area contributed by atoms with Crippen LogP contribution in [-0.4, -0.2) is 15.0 Å². The Morgan fingerprint density at radius 2 is 0.610 bits per heavy atom. The number of rotatable bonds is 11. The molecule has 0 N–H and O–H groups in total. The van der Waals surface area contributed by atoms with Crippen molar-refractivity contribution < 1.29 is 20.1 Å². The average Bonchev–Trinajstić information content (AvgIpc) is 3.53. The zero-order valence-electron chi connectivity index (χ0n) is 41.7. The van der Waals surface area contributed by atoms with Crippen LogP contribution in [0, 0.1) is 18.2 Å². The monoisotopic (exact) mass is 1160 g/mol. The minimum atomic E-state index is 0. The van der Waals surface area contributed by atoms with Gasteiger partial charge in [0, 0.05) is 18.6 Å². The van der Waals surface area contributed by atoms with Crippen molar-refractivity contribution in [2.24, 2.45) is 0 Å². The van der Waals surface area contributed by atoms with Crippen molar-refractivity contribution in [1.29, 1.82) is 0 Å². The molecule has 10 aromatic carbocycles. The van der Waals surface area contributed by atoms with E-state index in [1.165, 1.54) is 21.9 Å². The van der Waals surface area contributed by atoms with Gasteiger partial charge in [0.15, 0.2) is 0 Å². The summed E-state index contributed by atoms with van der Waals surface area (Å²) in [7, 11) is 0. The van der Waals surface area contributed by atoms with Crippen LogP contribution in [0.4, 0.5) is 0 Å². The van der Waals surface area contributed by atoms with Crippen LogP contribution in [0.25, 0.3) is 134 Å². The molecule has 0 aliphatic heterocycles. The number of aromatic nitrogens is 3. The number of benzene rings is 10. The standard InChI is InChI=1S/C73H46N3.Ir/c1-2-18-50(19-3-1)64-41-42-69(67-27-11-10-26-66(64)67)70-49-55(73-30-14-17-45-76-73)39-40-68(70)65-25-9-8-24-63(65)58-47-56(61-22-6-4-20-59(61)51-31-35-53(36-32-51)71-28-12-15-43-74-71)46-57(48-58)62-23-7-5-21-60(62)52-33-37-54(38-34-52)72-29-13-16-44-75-72;/h1-35,37,40-49H;/q-3;+3. The van der Waals surface area contributed by atoms with Gasteiger partial charge in [0.2, 0.25) is 0 Å². The van der Waals surface area contributed by atoms with E-state index in [4.69, 9.17) is 4.98 Å². The molecular formula is C73H46IrN3. The van der Waals surface area contributed by atoms with Gasteiger partial charge in [0.1, 0.15) is 0 Å². The van der Waals surface area contributed by atoms with E-state index in [9.17, 15) is 0 Å². The maximum Gasteiger partial charge on any atom is 3.00 e. The van der Waals surface area contributed by atoms with Crippen LogP contribution in [0.1, 0.15) is 0 Å². The van der Waals surface area contributed by atoms with Gasteiger partial charge in [-0.1, -0.05) is 215 Å². The van der Waals surface area contributed by atoms with Crippen molar-refractivity contribution in [3.8, 4) is 123 Å². The molecule has 13 rings (SSSR count). The minimum Gasteiger partial charge on any atom is -0.305 e. The molecule has 0 fully saturated rings. The SMILES string of the molecule is [Ir+3].[c-]1cc(-c2ccccc2-c2cc(-c3ccccc3-c3c[c-]c(-c4ccccn4)cc3)cc(-c3ccccc3-c3c[c-]c(-c4ccccn4)cc3-c3ccc(-c4ccccc4)c4ccccc34)c2)ccc1-c1ccccn1. The van der Waals surface area contributed by atoms with Crippen LogP contribution in [0.2, 0.25) is 0 Å². The van der Waals surface area contributed by atoms with Gasteiger partial charge >= 0.3 is 20.1 Å². The Labute approximate surface area is 463 Å². The maximum atomic E-state index is 4.80. The van der Waals surface area contributed by atoms with E-state index in [1.54, 1.807) is 0 Å². The molecule has 3 aromatic heterocycles. The van der Waals surface area contributed by atoms with Gasteiger partial charge in [-0.3, -0.25) is 0 Å². The summed E-state index contributed by atoms with van der Waals surface area (Å²) < 4.78 is 0. The summed E-state index contributed by atoms with van der Waals surface area (Å²) >= 11 is 0. The van der Waals surface area contributed by atoms with Gasteiger partial charge in [-0.05, 0) is 114 Å². The number of hydrogen-bond acceptors (Lipinski definition) is 3. The van der Waals surface area contributed by atoms with E-state index in [2.05, 4.69) is 240 Å². The van der Waals surface area contributed by atoms with Gasteiger partial charge in [0.25, 0.3) is 0 Å². The number of hydrogen-bond donors (Lipinski definition) is 0. The van der Waals surface area contributed by atoms with E-state index in [1.807, 2.05) is 67.1 Å². The van der Waals surface area contributed by atoms with Crippen LogP contribution in [-0.2, 0) is 20.1 Å². The molecule has 77 heavy (non-hydrogen) atoms. The smallest absolute Gasteiger partial charge is 0.305 e. The molecule has 0 atom stereocenters. The summed E-state index contributed by atoms with van der Waals surface area (Å²) in [6, 6.07) is 103. The Morgan fingerprint density at radius 3 is 1.08 bits per heavy atom. The zero-order chi connectivity index (χ0) is 50.6. The predicted octanol–water partition coefficient (Wildman–Crippen LogP) is 18.8. The fraction of sp³-hybridized carbons (Fsp3) is 0. The molecule has 0 unspecified atom stereocenters. The molecule has 13 aromatic rings. The van der Waals surface area contributed by atoms with E-state index < -0.39 is 0 Å². The first-order valence-electron chi connectivity index (χ1n) is 25.6. The topological polar surface area (TPSA) is 38.7 Å². The molecule has 0 aliphatic rings. The van der Waals surface area contributed by atoms with Crippen molar-refractivity contribution in [1.82, 2.24) is 15.0 Å². The molecule has 3 heterocycles. The molecule has 0 amide bonds. The first-order chi connectivity index (χ1) is 37.7. The molecule has 0 saturated carbocycles. The van der Waals surface area contributed by atoms with Crippen molar-refractivity contribution >= 4 is 10.8 Å². The van der Waals surface area contributed by atoms with E-state index in [-0.39, 0.29) is 20.1 Å². The molecule has 0 spiro atoms.